The van der Waals surface area contributed by atoms with Gasteiger partial charge in [0, 0.05) is 16.6 Å². The van der Waals surface area contributed by atoms with E-state index in [-0.39, 0.29) is 11.7 Å². The lowest BCUT2D eigenvalue weighted by Crippen LogP contribution is -2.47. The highest BCUT2D eigenvalue weighted by molar-refractivity contribution is 9.10. The number of esters is 1. The molecule has 0 N–H and O–H groups in total. The molecule has 2 aromatic carbocycles. The minimum absolute atomic E-state index is 0.0404. The number of benzene rings is 2. The Morgan fingerprint density at radius 3 is 2.48 bits per heavy atom. The number of ether oxygens (including phenoxy) is 1. The van der Waals surface area contributed by atoms with E-state index in [2.05, 4.69) is 20.8 Å². The van der Waals surface area contributed by atoms with E-state index in [1.54, 1.807) is 18.2 Å². The molecule has 5 heteroatoms. The van der Waals surface area contributed by atoms with Gasteiger partial charge in [0.1, 0.15) is 6.10 Å². The Bertz CT molecular complexity index is 763. The van der Waals surface area contributed by atoms with Crippen LogP contribution in [0, 0.1) is 5.92 Å². The Hall–Kier alpha value is -1.98. The topological polar surface area (TPSA) is 46.6 Å². The molecule has 4 nitrogen and oxygen atoms in total. The van der Waals surface area contributed by atoms with Crippen molar-refractivity contribution in [2.75, 3.05) is 20.1 Å². The quantitative estimate of drug-likeness (QED) is 0.577. The van der Waals surface area contributed by atoms with Gasteiger partial charge in [0.15, 0.2) is 5.78 Å². The molecule has 25 heavy (non-hydrogen) atoms. The van der Waals surface area contributed by atoms with Crippen LogP contribution < -0.4 is 0 Å². The van der Waals surface area contributed by atoms with Crippen LogP contribution >= 0.6 is 15.9 Å². The first-order valence-electron chi connectivity index (χ1n) is 8.29. The smallest absolute Gasteiger partial charge is 0.339 e. The maximum atomic E-state index is 12.9. The molecular weight excluding hydrogens is 382 g/mol. The van der Waals surface area contributed by atoms with Crippen LogP contribution in [0.1, 0.15) is 27.1 Å². The lowest BCUT2D eigenvalue weighted by molar-refractivity contribution is -0.00858. The first-order chi connectivity index (χ1) is 12.1. The summed E-state index contributed by atoms with van der Waals surface area (Å²) in [6.45, 7) is 1.37. The van der Waals surface area contributed by atoms with E-state index in [4.69, 9.17) is 4.74 Å². The van der Waals surface area contributed by atoms with E-state index in [0.717, 1.165) is 6.54 Å². The first kappa shape index (κ1) is 17.8. The molecule has 0 spiro atoms. The van der Waals surface area contributed by atoms with Crippen molar-refractivity contribution in [1.82, 2.24) is 4.90 Å². The van der Waals surface area contributed by atoms with Gasteiger partial charge in [-0.15, -0.1) is 0 Å². The molecule has 2 unspecified atom stereocenters. The zero-order valence-electron chi connectivity index (χ0n) is 14.0. The molecular formula is C20H20BrNO3. The molecule has 0 bridgehead atoms. The number of Topliss-reactive ketones (excluding diaryl/α,β-unsaturated/α-hetero) is 1. The highest BCUT2D eigenvalue weighted by Gasteiger charge is 2.36. The number of piperidine rings is 1. The predicted molar refractivity (Wildman–Crippen MR) is 99.7 cm³/mol. The fourth-order valence-electron chi connectivity index (χ4n) is 3.13. The number of likely N-dealkylation sites (tertiary alicyclic amines) is 1. The van der Waals surface area contributed by atoms with Crippen molar-refractivity contribution in [2.45, 2.75) is 12.5 Å². The second-order valence-electron chi connectivity index (χ2n) is 6.31. The first-order valence-corrected chi connectivity index (χ1v) is 9.09. The lowest BCUT2D eigenvalue weighted by Gasteiger charge is -2.35. The highest BCUT2D eigenvalue weighted by Crippen LogP contribution is 2.26. The number of hydrogen-bond donors (Lipinski definition) is 0. The standard InChI is InChI=1S/C20H20BrNO3/c1-22-12-11-16(19(23)14-7-3-2-4-8-14)18(13-22)25-20(24)15-9-5-6-10-17(15)21/h2-10,16,18H,11-13H2,1H3. The second kappa shape index (κ2) is 7.93. The Morgan fingerprint density at radius 1 is 1.08 bits per heavy atom. The van der Waals surface area contributed by atoms with Crippen molar-refractivity contribution in [3.05, 3.63) is 70.2 Å². The number of likely N-dealkylation sites (N-methyl/N-ethyl adjacent to an activating group) is 1. The van der Waals surface area contributed by atoms with Crippen molar-refractivity contribution in [3.8, 4) is 0 Å². The molecule has 1 aliphatic heterocycles. The average molecular weight is 402 g/mol. The van der Waals surface area contributed by atoms with Crippen LogP contribution in [-0.4, -0.2) is 42.9 Å². The monoisotopic (exact) mass is 401 g/mol. The van der Waals surface area contributed by atoms with E-state index in [0.29, 0.717) is 28.6 Å². The van der Waals surface area contributed by atoms with Crippen molar-refractivity contribution in [3.63, 3.8) is 0 Å². The Morgan fingerprint density at radius 2 is 1.76 bits per heavy atom. The van der Waals surface area contributed by atoms with Gasteiger partial charge >= 0.3 is 5.97 Å². The maximum absolute atomic E-state index is 12.9. The number of halogens is 1. The van der Waals surface area contributed by atoms with E-state index < -0.39 is 12.1 Å². The zero-order chi connectivity index (χ0) is 17.8. The van der Waals surface area contributed by atoms with Crippen LogP contribution in [0.4, 0.5) is 0 Å². The summed E-state index contributed by atoms with van der Waals surface area (Å²) < 4.78 is 6.44. The number of rotatable bonds is 4. The van der Waals surface area contributed by atoms with Crippen LogP contribution in [0.15, 0.2) is 59.1 Å². The van der Waals surface area contributed by atoms with Gasteiger partial charge in [-0.05, 0) is 48.1 Å². The van der Waals surface area contributed by atoms with Crippen LogP contribution in [0.2, 0.25) is 0 Å². The molecule has 2 aromatic rings. The number of nitrogens with zero attached hydrogens (tertiary/aromatic N) is 1. The normalized spacial score (nSPS) is 20.9. The SMILES string of the molecule is CN1CCC(C(=O)c2ccccc2)C(OC(=O)c2ccccc2Br)C1. The minimum Gasteiger partial charge on any atom is -0.457 e. The van der Waals surface area contributed by atoms with Gasteiger partial charge in [-0.1, -0.05) is 42.5 Å². The van der Waals surface area contributed by atoms with Gasteiger partial charge < -0.3 is 9.64 Å². The van der Waals surface area contributed by atoms with Gasteiger partial charge in [0.05, 0.1) is 11.5 Å². The lowest BCUT2D eigenvalue weighted by atomic mass is 9.86. The number of ketones is 1. The molecule has 0 amide bonds. The molecule has 0 aromatic heterocycles. The van der Waals surface area contributed by atoms with Gasteiger partial charge in [0.2, 0.25) is 0 Å². The molecule has 0 radical (unpaired) electrons. The summed E-state index contributed by atoms with van der Waals surface area (Å²) in [6, 6.07) is 16.4. The third kappa shape index (κ3) is 4.17. The molecule has 130 valence electrons. The summed E-state index contributed by atoms with van der Waals surface area (Å²) >= 11 is 3.38. The van der Waals surface area contributed by atoms with E-state index in [1.807, 2.05) is 43.4 Å². The molecule has 2 atom stereocenters. The molecule has 1 saturated heterocycles. The predicted octanol–water partition coefficient (Wildman–Crippen LogP) is 3.81. The molecule has 0 aliphatic carbocycles. The van der Waals surface area contributed by atoms with Crippen molar-refractivity contribution < 1.29 is 14.3 Å². The van der Waals surface area contributed by atoms with Crippen LogP contribution in [0.5, 0.6) is 0 Å². The Kier molecular flexibility index (Phi) is 5.66. The van der Waals surface area contributed by atoms with E-state index in [1.165, 1.54) is 0 Å². The number of carbonyl (C=O) groups excluding carboxylic acids is 2. The molecule has 1 heterocycles. The Labute approximate surface area is 155 Å². The number of hydrogen-bond acceptors (Lipinski definition) is 4. The summed E-state index contributed by atoms with van der Waals surface area (Å²) in [5.74, 6) is -0.678. The fraction of sp³-hybridized carbons (Fsp3) is 0.300. The Balaban J connectivity index is 1.80. The van der Waals surface area contributed by atoms with Gasteiger partial charge in [-0.2, -0.15) is 0 Å². The van der Waals surface area contributed by atoms with Crippen LogP contribution in [0.25, 0.3) is 0 Å². The minimum atomic E-state index is -0.453. The summed E-state index contributed by atoms with van der Waals surface area (Å²) in [6.07, 6.45) is 0.226. The highest BCUT2D eigenvalue weighted by atomic mass is 79.9. The molecule has 1 aliphatic rings. The summed E-state index contributed by atoms with van der Waals surface area (Å²) in [5.41, 5.74) is 1.14. The summed E-state index contributed by atoms with van der Waals surface area (Å²) in [7, 11) is 1.97. The summed E-state index contributed by atoms with van der Waals surface area (Å²) in [5, 5.41) is 0. The fourth-order valence-corrected chi connectivity index (χ4v) is 3.58. The second-order valence-corrected chi connectivity index (χ2v) is 7.17. The van der Waals surface area contributed by atoms with Gasteiger partial charge in [-0.3, -0.25) is 4.79 Å². The van der Waals surface area contributed by atoms with Gasteiger partial charge in [0.25, 0.3) is 0 Å². The van der Waals surface area contributed by atoms with Crippen molar-refractivity contribution in [2.24, 2.45) is 5.92 Å². The van der Waals surface area contributed by atoms with E-state index in [9.17, 15) is 9.59 Å². The van der Waals surface area contributed by atoms with Crippen molar-refractivity contribution in [1.29, 1.82) is 0 Å². The van der Waals surface area contributed by atoms with Crippen LogP contribution in [-0.2, 0) is 4.74 Å². The molecule has 0 saturated carbocycles. The largest absolute Gasteiger partial charge is 0.457 e. The van der Waals surface area contributed by atoms with E-state index >= 15 is 0 Å². The third-order valence-corrected chi connectivity index (χ3v) is 5.20. The third-order valence-electron chi connectivity index (χ3n) is 4.51. The average Bonchev–Trinajstić information content (AvgIpc) is 2.62. The zero-order valence-corrected chi connectivity index (χ0v) is 15.6. The molecule has 1 fully saturated rings. The number of carbonyl (C=O) groups is 2. The summed E-state index contributed by atoms with van der Waals surface area (Å²) in [4.78, 5) is 27.5. The van der Waals surface area contributed by atoms with Gasteiger partial charge in [-0.25, -0.2) is 4.79 Å². The molecule has 3 rings (SSSR count). The maximum Gasteiger partial charge on any atom is 0.339 e. The van der Waals surface area contributed by atoms with Crippen molar-refractivity contribution >= 4 is 27.7 Å². The van der Waals surface area contributed by atoms with Crippen LogP contribution in [0.3, 0.4) is 0 Å².